The minimum atomic E-state index is -4.28. The first-order valence-corrected chi connectivity index (χ1v) is 12.1. The lowest BCUT2D eigenvalue weighted by molar-refractivity contribution is -0.385. The molecule has 0 unspecified atom stereocenters. The van der Waals surface area contributed by atoms with Crippen LogP contribution in [0.3, 0.4) is 0 Å². The molecule has 180 valence electrons. The number of hydrazone groups is 1. The lowest BCUT2D eigenvalue weighted by atomic mass is 10.1. The van der Waals surface area contributed by atoms with Crippen molar-refractivity contribution in [1.82, 2.24) is 0 Å². The highest BCUT2D eigenvalue weighted by Gasteiger charge is 2.29. The van der Waals surface area contributed by atoms with E-state index in [2.05, 4.69) is 15.2 Å². The summed E-state index contributed by atoms with van der Waals surface area (Å²) in [5.41, 5.74) is 3.65. The van der Waals surface area contributed by atoms with Crippen LogP contribution >= 0.6 is 0 Å². The number of hydrogen-bond acceptors (Lipinski definition) is 8. The highest BCUT2D eigenvalue weighted by atomic mass is 32.2. The van der Waals surface area contributed by atoms with Crippen molar-refractivity contribution in [3.8, 4) is 5.75 Å². The van der Waals surface area contributed by atoms with Gasteiger partial charge in [-0.25, -0.2) is 8.42 Å². The molecule has 0 aliphatic heterocycles. The Labute approximate surface area is 205 Å². The standard InChI is InChI=1S/C25H18N4O6S/c1-35-18-11-8-16(9-12-18)28-36(33,34)22-14-17(29(31)32)10-13-21(22)26-27-24-19-6-2-4-15-5-3-7-20(23(15)19)25(24)30/h2-14,26,28H,1H3/b27-24+. The number of sulfonamides is 1. The van der Waals surface area contributed by atoms with Crippen LogP contribution in [-0.2, 0) is 10.0 Å². The number of carbonyl (C=O) groups is 1. The number of non-ortho nitro benzene ring substituents is 1. The van der Waals surface area contributed by atoms with Crippen LogP contribution in [0.15, 0.2) is 88.9 Å². The third kappa shape index (κ3) is 4.01. The van der Waals surface area contributed by atoms with E-state index in [-0.39, 0.29) is 22.9 Å². The fourth-order valence-electron chi connectivity index (χ4n) is 4.01. The van der Waals surface area contributed by atoms with Gasteiger partial charge >= 0.3 is 0 Å². The van der Waals surface area contributed by atoms with E-state index in [1.807, 2.05) is 12.1 Å². The van der Waals surface area contributed by atoms with Crippen LogP contribution in [0.1, 0.15) is 15.9 Å². The van der Waals surface area contributed by atoms with Gasteiger partial charge in [-0.15, -0.1) is 0 Å². The predicted molar refractivity (Wildman–Crippen MR) is 135 cm³/mol. The van der Waals surface area contributed by atoms with Gasteiger partial charge in [0.05, 0.1) is 17.7 Å². The molecule has 0 aromatic heterocycles. The van der Waals surface area contributed by atoms with Crippen LogP contribution in [0.25, 0.3) is 10.8 Å². The maximum Gasteiger partial charge on any atom is 0.270 e. The summed E-state index contributed by atoms with van der Waals surface area (Å²) in [7, 11) is -2.80. The smallest absolute Gasteiger partial charge is 0.270 e. The zero-order valence-electron chi connectivity index (χ0n) is 18.8. The third-order valence-electron chi connectivity index (χ3n) is 5.72. The van der Waals surface area contributed by atoms with Crippen molar-refractivity contribution in [2.75, 3.05) is 17.3 Å². The fraction of sp³-hybridized carbons (Fsp3) is 0.0400. The van der Waals surface area contributed by atoms with Crippen molar-refractivity contribution in [2.24, 2.45) is 5.10 Å². The number of Topliss-reactive ketones (excluding diaryl/α,β-unsaturated/α-hetero) is 1. The van der Waals surface area contributed by atoms with Gasteiger partial charge in [0, 0.05) is 34.3 Å². The number of nitrogens with zero attached hydrogens (tertiary/aromatic N) is 2. The Morgan fingerprint density at radius 3 is 2.31 bits per heavy atom. The second-order valence-electron chi connectivity index (χ2n) is 7.88. The second kappa shape index (κ2) is 8.78. The Balaban J connectivity index is 1.54. The van der Waals surface area contributed by atoms with Gasteiger partial charge < -0.3 is 4.74 Å². The van der Waals surface area contributed by atoms with Crippen LogP contribution in [0, 0.1) is 10.1 Å². The Hall–Kier alpha value is -4.77. The number of methoxy groups -OCH3 is 1. The highest BCUT2D eigenvalue weighted by molar-refractivity contribution is 7.92. The molecule has 11 heteroatoms. The SMILES string of the molecule is COc1ccc(NS(=O)(=O)c2cc([N+](=O)[O-])ccc2N/N=C2/C(=O)c3cccc4cccc2c34)cc1. The van der Waals surface area contributed by atoms with Crippen LogP contribution in [0.5, 0.6) is 5.75 Å². The summed E-state index contributed by atoms with van der Waals surface area (Å²) in [5.74, 6) is 0.223. The van der Waals surface area contributed by atoms with Crippen LogP contribution in [0.2, 0.25) is 0 Å². The number of nitrogens with one attached hydrogen (secondary N) is 2. The normalized spacial score (nSPS) is 13.7. The van der Waals surface area contributed by atoms with E-state index in [9.17, 15) is 23.3 Å². The van der Waals surface area contributed by atoms with E-state index >= 15 is 0 Å². The Bertz CT molecular complexity index is 1680. The van der Waals surface area contributed by atoms with Crippen molar-refractivity contribution in [3.05, 3.63) is 100 Å². The van der Waals surface area contributed by atoms with Crippen molar-refractivity contribution < 1.29 is 22.9 Å². The van der Waals surface area contributed by atoms with Gasteiger partial charge in [-0.05, 0) is 35.7 Å². The zero-order valence-corrected chi connectivity index (χ0v) is 19.6. The minimum Gasteiger partial charge on any atom is -0.497 e. The van der Waals surface area contributed by atoms with Crippen molar-refractivity contribution in [3.63, 3.8) is 0 Å². The molecule has 5 rings (SSSR count). The molecule has 0 radical (unpaired) electrons. The summed E-state index contributed by atoms with van der Waals surface area (Å²) in [6.45, 7) is 0. The Kier molecular flexibility index (Phi) is 5.61. The first kappa shape index (κ1) is 23.0. The highest BCUT2D eigenvalue weighted by Crippen LogP contribution is 2.32. The quantitative estimate of drug-likeness (QED) is 0.279. The molecular formula is C25H18N4O6S. The molecule has 0 fully saturated rings. The Morgan fingerprint density at radius 1 is 0.944 bits per heavy atom. The van der Waals surface area contributed by atoms with E-state index in [0.717, 1.165) is 22.9 Å². The number of rotatable bonds is 7. The van der Waals surface area contributed by atoms with E-state index in [0.29, 0.717) is 16.9 Å². The molecule has 10 nitrogen and oxygen atoms in total. The number of hydrogen-bond donors (Lipinski definition) is 2. The lowest BCUT2D eigenvalue weighted by Crippen LogP contribution is -2.16. The molecule has 1 aliphatic rings. The number of ether oxygens (including phenoxy) is 1. The maximum atomic E-state index is 13.2. The van der Waals surface area contributed by atoms with E-state index in [1.54, 1.807) is 36.4 Å². The molecular weight excluding hydrogens is 484 g/mol. The molecule has 0 saturated heterocycles. The van der Waals surface area contributed by atoms with Crippen molar-refractivity contribution in [2.45, 2.75) is 4.90 Å². The van der Waals surface area contributed by atoms with Gasteiger partial charge in [0.2, 0.25) is 5.78 Å². The number of nitro groups is 1. The average molecular weight is 503 g/mol. The molecule has 0 atom stereocenters. The molecule has 0 spiro atoms. The van der Waals surface area contributed by atoms with Crippen LogP contribution in [0.4, 0.5) is 17.1 Å². The molecule has 1 aliphatic carbocycles. The largest absolute Gasteiger partial charge is 0.497 e. The molecule has 2 N–H and O–H groups in total. The first-order chi connectivity index (χ1) is 17.3. The summed E-state index contributed by atoms with van der Waals surface area (Å²) in [6, 6.07) is 20.3. The number of anilines is 2. The van der Waals surface area contributed by atoms with E-state index < -0.39 is 25.5 Å². The van der Waals surface area contributed by atoms with Gasteiger partial charge in [-0.3, -0.25) is 25.1 Å². The van der Waals surface area contributed by atoms with Crippen molar-refractivity contribution >= 4 is 49.4 Å². The fourth-order valence-corrected chi connectivity index (χ4v) is 5.25. The molecule has 0 heterocycles. The lowest BCUT2D eigenvalue weighted by Gasteiger charge is -2.13. The third-order valence-corrected chi connectivity index (χ3v) is 7.14. The number of ketones is 1. The molecule has 0 saturated carbocycles. The van der Waals surface area contributed by atoms with E-state index in [4.69, 9.17) is 4.74 Å². The number of benzene rings is 4. The molecule has 0 bridgehead atoms. The minimum absolute atomic E-state index is 0.0370. The molecule has 4 aromatic rings. The van der Waals surface area contributed by atoms with Gasteiger partial charge in [-0.1, -0.05) is 36.4 Å². The predicted octanol–water partition coefficient (Wildman–Crippen LogP) is 4.57. The van der Waals surface area contributed by atoms with Crippen LogP contribution < -0.4 is 14.9 Å². The molecule has 0 amide bonds. The maximum absolute atomic E-state index is 13.2. The molecule has 36 heavy (non-hydrogen) atoms. The number of carbonyl (C=O) groups excluding carboxylic acids is 1. The summed E-state index contributed by atoms with van der Waals surface area (Å²) in [4.78, 5) is 23.3. The second-order valence-corrected chi connectivity index (χ2v) is 9.53. The summed E-state index contributed by atoms with van der Waals surface area (Å²) in [5, 5.41) is 17.2. The first-order valence-electron chi connectivity index (χ1n) is 10.6. The van der Waals surface area contributed by atoms with Crippen molar-refractivity contribution in [1.29, 1.82) is 0 Å². The summed E-state index contributed by atoms with van der Waals surface area (Å²) < 4.78 is 33.9. The van der Waals surface area contributed by atoms with Crippen LogP contribution in [-0.4, -0.2) is 31.9 Å². The zero-order chi connectivity index (χ0) is 25.4. The number of nitro benzene ring substituents is 1. The monoisotopic (exact) mass is 502 g/mol. The van der Waals surface area contributed by atoms with Gasteiger partial charge in [0.1, 0.15) is 16.4 Å². The molecule has 4 aromatic carbocycles. The van der Waals surface area contributed by atoms with Gasteiger partial charge in [-0.2, -0.15) is 5.10 Å². The summed E-state index contributed by atoms with van der Waals surface area (Å²) in [6.07, 6.45) is 0. The topological polar surface area (TPSA) is 140 Å². The Morgan fingerprint density at radius 2 is 1.64 bits per heavy atom. The summed E-state index contributed by atoms with van der Waals surface area (Å²) >= 11 is 0. The van der Waals surface area contributed by atoms with Gasteiger partial charge in [0.15, 0.2) is 0 Å². The van der Waals surface area contributed by atoms with E-state index in [1.165, 1.54) is 25.3 Å². The van der Waals surface area contributed by atoms with Gasteiger partial charge in [0.25, 0.3) is 15.7 Å². The average Bonchev–Trinajstić information content (AvgIpc) is 3.15.